The number of carbonyl (C=O) groups excluding carboxylic acids is 1. The van der Waals surface area contributed by atoms with Crippen molar-refractivity contribution < 1.29 is 14.7 Å². The van der Waals surface area contributed by atoms with E-state index in [0.29, 0.717) is 25.1 Å². The highest BCUT2D eigenvalue weighted by Crippen LogP contribution is 2.10. The van der Waals surface area contributed by atoms with E-state index in [1.54, 1.807) is 13.0 Å². The first-order valence-corrected chi connectivity index (χ1v) is 9.49. The molecular weight excluding hydrogens is 304 g/mol. The maximum atomic E-state index is 11.5. The summed E-state index contributed by atoms with van der Waals surface area (Å²) in [6.07, 6.45) is 15.0. The van der Waals surface area contributed by atoms with Gasteiger partial charge in [-0.05, 0) is 19.8 Å². The van der Waals surface area contributed by atoms with Crippen LogP contribution in [0.25, 0.3) is 0 Å². The standard InChI is InChI=1S/C19H36N2O3/c1-3-4-5-6-7-8-9-10-11-12-15-20-19(24)21-16-13-14-17(2)18(22)23/h14H,3-13,15-16H2,1-2H3,(H,22,23)(H2,20,21,24). The number of urea groups is 1. The molecule has 5 nitrogen and oxygen atoms in total. The van der Waals surface area contributed by atoms with Crippen molar-refractivity contribution in [3.8, 4) is 0 Å². The van der Waals surface area contributed by atoms with Gasteiger partial charge >= 0.3 is 12.0 Å². The molecule has 0 radical (unpaired) electrons. The summed E-state index contributed by atoms with van der Waals surface area (Å²) in [6, 6.07) is -0.174. The molecule has 0 aromatic heterocycles. The Labute approximate surface area is 147 Å². The van der Waals surface area contributed by atoms with Crippen LogP contribution >= 0.6 is 0 Å². The molecule has 0 bridgehead atoms. The first kappa shape index (κ1) is 22.5. The molecule has 2 amide bonds. The lowest BCUT2D eigenvalue weighted by Crippen LogP contribution is -2.36. The number of rotatable bonds is 15. The highest BCUT2D eigenvalue weighted by Gasteiger charge is 2.00. The van der Waals surface area contributed by atoms with Gasteiger partial charge in [0.1, 0.15) is 0 Å². The molecule has 0 saturated heterocycles. The summed E-state index contributed by atoms with van der Waals surface area (Å²) in [5.41, 5.74) is 0.308. The van der Waals surface area contributed by atoms with Crippen molar-refractivity contribution >= 4 is 12.0 Å². The zero-order valence-electron chi connectivity index (χ0n) is 15.5. The summed E-state index contributed by atoms with van der Waals surface area (Å²) in [7, 11) is 0. The minimum atomic E-state index is -0.916. The largest absolute Gasteiger partial charge is 0.478 e. The molecule has 0 unspecified atom stereocenters. The molecule has 0 atom stereocenters. The molecule has 0 aromatic carbocycles. The molecule has 0 aliphatic carbocycles. The number of unbranched alkanes of at least 4 members (excludes halogenated alkanes) is 9. The minimum absolute atomic E-state index is 0.174. The van der Waals surface area contributed by atoms with Gasteiger partial charge in [0.25, 0.3) is 0 Å². The van der Waals surface area contributed by atoms with Crippen LogP contribution in [0.5, 0.6) is 0 Å². The van der Waals surface area contributed by atoms with E-state index in [9.17, 15) is 9.59 Å². The van der Waals surface area contributed by atoms with Crippen LogP contribution in [0.4, 0.5) is 4.79 Å². The quantitative estimate of drug-likeness (QED) is 0.300. The Hall–Kier alpha value is -1.52. The SMILES string of the molecule is CCCCCCCCCCCCNC(=O)NCCC=C(C)C(=O)O. The summed E-state index contributed by atoms with van der Waals surface area (Å²) in [6.45, 7) is 4.94. The summed E-state index contributed by atoms with van der Waals surface area (Å²) in [5, 5.41) is 14.2. The van der Waals surface area contributed by atoms with E-state index < -0.39 is 5.97 Å². The Morgan fingerprint density at radius 3 is 1.88 bits per heavy atom. The van der Waals surface area contributed by atoms with Crippen molar-refractivity contribution in [1.82, 2.24) is 10.6 Å². The van der Waals surface area contributed by atoms with Gasteiger partial charge in [0.05, 0.1) is 0 Å². The Balaban J connectivity index is 3.32. The normalized spacial score (nSPS) is 11.3. The monoisotopic (exact) mass is 340 g/mol. The smallest absolute Gasteiger partial charge is 0.330 e. The average molecular weight is 341 g/mol. The summed E-state index contributed by atoms with van der Waals surface area (Å²) < 4.78 is 0. The third kappa shape index (κ3) is 15.4. The van der Waals surface area contributed by atoms with Gasteiger partial charge < -0.3 is 15.7 Å². The zero-order valence-corrected chi connectivity index (χ0v) is 15.5. The molecule has 0 rings (SSSR count). The van der Waals surface area contributed by atoms with Crippen molar-refractivity contribution in [3.63, 3.8) is 0 Å². The van der Waals surface area contributed by atoms with Crippen LogP contribution in [0.3, 0.4) is 0 Å². The van der Waals surface area contributed by atoms with Gasteiger partial charge in [-0.2, -0.15) is 0 Å². The highest BCUT2D eigenvalue weighted by atomic mass is 16.4. The fraction of sp³-hybridized carbons (Fsp3) is 0.789. The minimum Gasteiger partial charge on any atom is -0.478 e. The van der Waals surface area contributed by atoms with Crippen molar-refractivity contribution in [3.05, 3.63) is 11.6 Å². The molecule has 5 heteroatoms. The number of carboxylic acid groups (broad SMARTS) is 1. The Kier molecular flexibility index (Phi) is 15.3. The molecule has 0 aliphatic heterocycles. The van der Waals surface area contributed by atoms with E-state index in [-0.39, 0.29) is 6.03 Å². The fourth-order valence-corrected chi connectivity index (χ4v) is 2.44. The number of hydrogen-bond donors (Lipinski definition) is 3. The van der Waals surface area contributed by atoms with Gasteiger partial charge in [0.15, 0.2) is 0 Å². The lowest BCUT2D eigenvalue weighted by Gasteiger charge is -2.07. The molecule has 140 valence electrons. The maximum Gasteiger partial charge on any atom is 0.330 e. The van der Waals surface area contributed by atoms with E-state index in [1.807, 2.05) is 0 Å². The van der Waals surface area contributed by atoms with E-state index in [2.05, 4.69) is 17.6 Å². The van der Waals surface area contributed by atoms with Crippen molar-refractivity contribution in [2.45, 2.75) is 84.5 Å². The Bertz CT molecular complexity index is 368. The number of aliphatic carboxylic acids is 1. The molecule has 0 spiro atoms. The second-order valence-electron chi connectivity index (χ2n) is 6.35. The van der Waals surface area contributed by atoms with Gasteiger partial charge in [-0.1, -0.05) is 70.8 Å². The van der Waals surface area contributed by atoms with E-state index >= 15 is 0 Å². The van der Waals surface area contributed by atoms with Crippen LogP contribution in [0.15, 0.2) is 11.6 Å². The fourth-order valence-electron chi connectivity index (χ4n) is 2.44. The molecule has 0 fully saturated rings. The molecule has 0 heterocycles. The molecule has 24 heavy (non-hydrogen) atoms. The van der Waals surface area contributed by atoms with Gasteiger partial charge in [-0.3, -0.25) is 0 Å². The molecule has 0 saturated carbocycles. The van der Waals surface area contributed by atoms with Crippen molar-refractivity contribution in [2.24, 2.45) is 0 Å². The Morgan fingerprint density at radius 2 is 1.33 bits per heavy atom. The summed E-state index contributed by atoms with van der Waals surface area (Å²) in [4.78, 5) is 22.1. The second-order valence-corrected chi connectivity index (χ2v) is 6.35. The van der Waals surface area contributed by atoms with E-state index in [0.717, 1.165) is 12.8 Å². The molecule has 0 aromatic rings. The predicted octanol–water partition coefficient (Wildman–Crippen LogP) is 4.63. The summed E-state index contributed by atoms with van der Waals surface area (Å²) in [5.74, 6) is -0.916. The first-order chi connectivity index (χ1) is 11.6. The van der Waals surface area contributed by atoms with Crippen LogP contribution < -0.4 is 10.6 Å². The van der Waals surface area contributed by atoms with E-state index in [4.69, 9.17) is 5.11 Å². The van der Waals surface area contributed by atoms with Crippen molar-refractivity contribution in [1.29, 1.82) is 0 Å². The van der Waals surface area contributed by atoms with Crippen LogP contribution in [-0.2, 0) is 4.79 Å². The number of carbonyl (C=O) groups is 2. The average Bonchev–Trinajstić information content (AvgIpc) is 2.56. The van der Waals surface area contributed by atoms with Gasteiger partial charge in [-0.25, -0.2) is 9.59 Å². The zero-order chi connectivity index (χ0) is 18.0. The molecule has 3 N–H and O–H groups in total. The predicted molar refractivity (Wildman–Crippen MR) is 99.3 cm³/mol. The van der Waals surface area contributed by atoms with Gasteiger partial charge in [0, 0.05) is 18.7 Å². The third-order valence-corrected chi connectivity index (χ3v) is 4.03. The van der Waals surface area contributed by atoms with Crippen LogP contribution in [0.2, 0.25) is 0 Å². The lowest BCUT2D eigenvalue weighted by molar-refractivity contribution is -0.132. The van der Waals surface area contributed by atoms with Crippen LogP contribution in [0, 0.1) is 0 Å². The number of hydrogen-bond acceptors (Lipinski definition) is 2. The first-order valence-electron chi connectivity index (χ1n) is 9.49. The third-order valence-electron chi connectivity index (χ3n) is 4.03. The van der Waals surface area contributed by atoms with Gasteiger partial charge in [-0.15, -0.1) is 0 Å². The molecule has 0 aliphatic rings. The highest BCUT2D eigenvalue weighted by molar-refractivity contribution is 5.85. The maximum absolute atomic E-state index is 11.5. The van der Waals surface area contributed by atoms with Crippen LogP contribution in [0.1, 0.15) is 84.5 Å². The number of nitrogens with one attached hydrogen (secondary N) is 2. The van der Waals surface area contributed by atoms with Gasteiger partial charge in [0.2, 0.25) is 0 Å². The lowest BCUT2D eigenvalue weighted by atomic mass is 10.1. The number of amides is 2. The topological polar surface area (TPSA) is 78.4 Å². The van der Waals surface area contributed by atoms with E-state index in [1.165, 1.54) is 51.4 Å². The molecular formula is C19H36N2O3. The van der Waals surface area contributed by atoms with Crippen molar-refractivity contribution in [2.75, 3.05) is 13.1 Å². The van der Waals surface area contributed by atoms with Crippen LogP contribution in [-0.4, -0.2) is 30.2 Å². The second kappa shape index (κ2) is 16.3. The summed E-state index contributed by atoms with van der Waals surface area (Å²) >= 11 is 0. The number of carboxylic acids is 1. The Morgan fingerprint density at radius 1 is 0.833 bits per heavy atom.